The highest BCUT2D eigenvalue weighted by Crippen LogP contribution is 2.40. The molecule has 0 aliphatic rings. The van der Waals surface area contributed by atoms with Crippen LogP contribution in [-0.2, 0) is 10.1 Å². The molecular formula is C18H13NO5S. The SMILES string of the molecule is O=[N+]([O-])c1cccc(S(=O)(=O)O)c1-c1ccccc1-c1ccccc1. The van der Waals surface area contributed by atoms with Crippen molar-refractivity contribution in [3.8, 4) is 22.3 Å². The molecule has 25 heavy (non-hydrogen) atoms. The molecule has 0 saturated carbocycles. The molecule has 3 rings (SSSR count). The summed E-state index contributed by atoms with van der Waals surface area (Å²) in [5, 5.41) is 11.5. The van der Waals surface area contributed by atoms with E-state index in [0.717, 1.165) is 11.6 Å². The second-order valence-electron chi connectivity index (χ2n) is 5.29. The van der Waals surface area contributed by atoms with E-state index in [4.69, 9.17) is 0 Å². The maximum absolute atomic E-state index is 11.8. The number of nitrogens with zero attached hydrogens (tertiary/aromatic N) is 1. The minimum atomic E-state index is -4.64. The van der Waals surface area contributed by atoms with Crippen LogP contribution in [0.4, 0.5) is 5.69 Å². The molecule has 0 bridgehead atoms. The van der Waals surface area contributed by atoms with Gasteiger partial charge in [0.2, 0.25) is 0 Å². The molecule has 0 aliphatic carbocycles. The van der Waals surface area contributed by atoms with Crippen molar-refractivity contribution in [2.45, 2.75) is 4.90 Å². The van der Waals surface area contributed by atoms with E-state index in [2.05, 4.69) is 0 Å². The number of hydrogen-bond acceptors (Lipinski definition) is 4. The van der Waals surface area contributed by atoms with Crippen molar-refractivity contribution >= 4 is 15.8 Å². The van der Waals surface area contributed by atoms with Crippen molar-refractivity contribution in [2.24, 2.45) is 0 Å². The molecular weight excluding hydrogens is 342 g/mol. The Morgan fingerprint density at radius 1 is 0.800 bits per heavy atom. The molecule has 0 atom stereocenters. The zero-order valence-corrected chi connectivity index (χ0v) is 13.7. The first kappa shape index (κ1) is 16.8. The molecule has 1 N–H and O–H groups in total. The zero-order chi connectivity index (χ0) is 18.0. The minimum absolute atomic E-state index is 0.130. The van der Waals surface area contributed by atoms with Crippen LogP contribution in [0.2, 0.25) is 0 Å². The molecule has 0 unspecified atom stereocenters. The zero-order valence-electron chi connectivity index (χ0n) is 12.9. The summed E-state index contributed by atoms with van der Waals surface area (Å²) in [5.74, 6) is 0. The van der Waals surface area contributed by atoms with E-state index in [1.807, 2.05) is 30.3 Å². The van der Waals surface area contributed by atoms with Gasteiger partial charge < -0.3 is 0 Å². The Bertz CT molecular complexity index is 1050. The highest BCUT2D eigenvalue weighted by atomic mass is 32.2. The van der Waals surface area contributed by atoms with Crippen LogP contribution in [0.3, 0.4) is 0 Å². The van der Waals surface area contributed by atoms with E-state index in [-0.39, 0.29) is 5.56 Å². The second kappa shape index (κ2) is 6.46. The Morgan fingerprint density at radius 3 is 2.00 bits per heavy atom. The van der Waals surface area contributed by atoms with E-state index in [1.165, 1.54) is 12.1 Å². The highest BCUT2D eigenvalue weighted by Gasteiger charge is 2.27. The Labute approximate surface area is 144 Å². The first-order valence-electron chi connectivity index (χ1n) is 7.29. The van der Waals surface area contributed by atoms with Gasteiger partial charge in [-0.1, -0.05) is 60.7 Å². The number of nitro groups is 1. The second-order valence-corrected chi connectivity index (χ2v) is 6.68. The summed E-state index contributed by atoms with van der Waals surface area (Å²) in [6.07, 6.45) is 0. The Morgan fingerprint density at radius 2 is 1.40 bits per heavy atom. The van der Waals surface area contributed by atoms with Gasteiger partial charge >= 0.3 is 0 Å². The van der Waals surface area contributed by atoms with Crippen LogP contribution >= 0.6 is 0 Å². The van der Waals surface area contributed by atoms with Crippen molar-refractivity contribution in [1.82, 2.24) is 0 Å². The molecule has 3 aromatic rings. The van der Waals surface area contributed by atoms with Gasteiger partial charge in [0.05, 0.1) is 10.5 Å². The van der Waals surface area contributed by atoms with E-state index in [9.17, 15) is 23.1 Å². The van der Waals surface area contributed by atoms with Gasteiger partial charge in [-0.15, -0.1) is 0 Å². The fourth-order valence-electron chi connectivity index (χ4n) is 2.73. The molecule has 0 aromatic heterocycles. The number of hydrogen-bond donors (Lipinski definition) is 1. The van der Waals surface area contributed by atoms with Crippen LogP contribution < -0.4 is 0 Å². The molecule has 0 radical (unpaired) electrons. The smallest absolute Gasteiger partial charge is 0.282 e. The van der Waals surface area contributed by atoms with Crippen LogP contribution in [0.1, 0.15) is 0 Å². The number of nitro benzene ring substituents is 1. The van der Waals surface area contributed by atoms with Gasteiger partial charge in [-0.2, -0.15) is 8.42 Å². The lowest BCUT2D eigenvalue weighted by atomic mass is 9.93. The van der Waals surface area contributed by atoms with Crippen molar-refractivity contribution < 1.29 is 17.9 Å². The third-order valence-corrected chi connectivity index (χ3v) is 4.66. The molecule has 0 heterocycles. The third kappa shape index (κ3) is 3.28. The fourth-order valence-corrected chi connectivity index (χ4v) is 3.45. The lowest BCUT2D eigenvalue weighted by Crippen LogP contribution is -2.04. The maximum Gasteiger partial charge on any atom is 0.295 e. The van der Waals surface area contributed by atoms with Crippen LogP contribution in [-0.4, -0.2) is 17.9 Å². The van der Waals surface area contributed by atoms with Crippen molar-refractivity contribution in [3.05, 3.63) is 82.9 Å². The van der Waals surface area contributed by atoms with Gasteiger partial charge in [-0.25, -0.2) is 0 Å². The summed E-state index contributed by atoms with van der Waals surface area (Å²) in [7, 11) is -4.64. The molecule has 0 aliphatic heterocycles. The first-order valence-corrected chi connectivity index (χ1v) is 8.73. The molecule has 0 fully saturated rings. The first-order chi connectivity index (χ1) is 11.9. The molecule has 0 saturated heterocycles. The minimum Gasteiger partial charge on any atom is -0.282 e. The molecule has 126 valence electrons. The molecule has 7 heteroatoms. The topological polar surface area (TPSA) is 97.5 Å². The van der Waals surface area contributed by atoms with E-state index in [1.54, 1.807) is 24.3 Å². The Hall–Kier alpha value is -3.03. The summed E-state index contributed by atoms with van der Waals surface area (Å²) >= 11 is 0. The van der Waals surface area contributed by atoms with Gasteiger partial charge in [0, 0.05) is 6.07 Å². The summed E-state index contributed by atoms with van der Waals surface area (Å²) < 4.78 is 33.1. The van der Waals surface area contributed by atoms with Crippen LogP contribution in [0, 0.1) is 10.1 Å². The number of rotatable bonds is 4. The van der Waals surface area contributed by atoms with Crippen molar-refractivity contribution in [1.29, 1.82) is 0 Å². The molecule has 6 nitrogen and oxygen atoms in total. The van der Waals surface area contributed by atoms with Crippen LogP contribution in [0.15, 0.2) is 77.7 Å². The maximum atomic E-state index is 11.8. The Kier molecular flexibility index (Phi) is 4.35. The molecule has 0 amide bonds. The molecule has 0 spiro atoms. The van der Waals surface area contributed by atoms with Gasteiger partial charge in [0.1, 0.15) is 4.90 Å². The lowest BCUT2D eigenvalue weighted by molar-refractivity contribution is -0.384. The van der Waals surface area contributed by atoms with Gasteiger partial charge in [0.15, 0.2) is 0 Å². The largest absolute Gasteiger partial charge is 0.295 e. The summed E-state index contributed by atoms with van der Waals surface area (Å²) in [5.41, 5.74) is 1.24. The van der Waals surface area contributed by atoms with E-state index >= 15 is 0 Å². The summed E-state index contributed by atoms with van der Waals surface area (Å²) in [4.78, 5) is 10.3. The standard InChI is InChI=1S/C18H13NO5S/c20-19(21)16-11-6-12-17(25(22,23)24)18(16)15-10-5-4-9-14(15)13-7-2-1-3-8-13/h1-12H,(H,22,23,24). The van der Waals surface area contributed by atoms with Crippen molar-refractivity contribution in [3.63, 3.8) is 0 Å². The normalized spacial score (nSPS) is 11.2. The predicted octanol–water partition coefficient (Wildman–Crippen LogP) is 4.18. The average molecular weight is 355 g/mol. The predicted molar refractivity (Wildman–Crippen MR) is 93.8 cm³/mol. The third-order valence-electron chi connectivity index (χ3n) is 3.76. The summed E-state index contributed by atoms with van der Waals surface area (Å²) in [6.45, 7) is 0. The monoisotopic (exact) mass is 355 g/mol. The van der Waals surface area contributed by atoms with Gasteiger partial charge in [-0.3, -0.25) is 14.7 Å². The highest BCUT2D eigenvalue weighted by molar-refractivity contribution is 7.86. The van der Waals surface area contributed by atoms with Gasteiger partial charge in [0.25, 0.3) is 15.8 Å². The Balaban J connectivity index is 2.41. The average Bonchev–Trinajstić information content (AvgIpc) is 2.61. The summed E-state index contributed by atoms with van der Waals surface area (Å²) in [6, 6.07) is 19.5. The molecule has 3 aromatic carbocycles. The van der Waals surface area contributed by atoms with Gasteiger partial charge in [-0.05, 0) is 22.8 Å². The lowest BCUT2D eigenvalue weighted by Gasteiger charge is -2.13. The van der Waals surface area contributed by atoms with E-state index in [0.29, 0.717) is 11.1 Å². The fraction of sp³-hybridized carbons (Fsp3) is 0. The van der Waals surface area contributed by atoms with Crippen molar-refractivity contribution in [2.75, 3.05) is 0 Å². The van der Waals surface area contributed by atoms with Crippen LogP contribution in [0.25, 0.3) is 22.3 Å². The van der Waals surface area contributed by atoms with Crippen LogP contribution in [0.5, 0.6) is 0 Å². The quantitative estimate of drug-likeness (QED) is 0.430. The van der Waals surface area contributed by atoms with E-state index < -0.39 is 25.6 Å². The number of benzene rings is 3.